The highest BCUT2D eigenvalue weighted by Gasteiger charge is 2.18. The minimum Gasteiger partial charge on any atom is -0.383 e. The van der Waals surface area contributed by atoms with Gasteiger partial charge in [-0.3, -0.25) is 4.21 Å². The summed E-state index contributed by atoms with van der Waals surface area (Å²) in [7, 11) is -0.764. The molecule has 4 nitrogen and oxygen atoms in total. The molecule has 0 saturated carbocycles. The zero-order valence-electron chi connectivity index (χ0n) is 7.41. The van der Waals surface area contributed by atoms with Crippen LogP contribution < -0.4 is 5.73 Å². The van der Waals surface area contributed by atoms with Crippen LogP contribution in [0.2, 0.25) is 0 Å². The maximum absolute atomic E-state index is 11.3. The van der Waals surface area contributed by atoms with E-state index in [4.69, 9.17) is 5.73 Å². The van der Waals surface area contributed by atoms with E-state index in [9.17, 15) is 4.21 Å². The molecule has 0 aromatic carbocycles. The Hall–Kier alpha value is -0.970. The van der Waals surface area contributed by atoms with E-state index < -0.39 is 10.8 Å². The number of fused-ring (bicyclic) bond motifs is 1. The lowest BCUT2D eigenvalue weighted by molar-refractivity contribution is 0.678. The summed E-state index contributed by atoms with van der Waals surface area (Å²) in [5, 5.41) is 0. The highest BCUT2D eigenvalue weighted by Crippen LogP contribution is 2.20. The molecular weight excluding hydrogens is 186 g/mol. The molecule has 2 N–H and O–H groups in total. The molecule has 1 aliphatic rings. The van der Waals surface area contributed by atoms with Crippen molar-refractivity contribution in [3.8, 4) is 0 Å². The van der Waals surface area contributed by atoms with Crippen LogP contribution in [-0.2, 0) is 23.0 Å². The van der Waals surface area contributed by atoms with Gasteiger partial charge in [-0.1, -0.05) is 0 Å². The molecule has 2 heterocycles. The summed E-state index contributed by atoms with van der Waals surface area (Å²) in [6.45, 7) is 1.80. The first-order valence-electron chi connectivity index (χ1n) is 4.13. The van der Waals surface area contributed by atoms with Crippen molar-refractivity contribution in [1.29, 1.82) is 0 Å². The van der Waals surface area contributed by atoms with Crippen LogP contribution in [-0.4, -0.2) is 19.9 Å². The van der Waals surface area contributed by atoms with Crippen LogP contribution in [0, 0.1) is 6.92 Å². The minimum absolute atomic E-state index is 0.531. The fourth-order valence-corrected chi connectivity index (χ4v) is 2.63. The Labute approximate surface area is 79.0 Å². The van der Waals surface area contributed by atoms with Crippen LogP contribution in [0.15, 0.2) is 0 Å². The molecule has 0 spiro atoms. The Kier molecular flexibility index (Phi) is 2.03. The second-order valence-corrected chi connectivity index (χ2v) is 4.70. The van der Waals surface area contributed by atoms with Gasteiger partial charge < -0.3 is 5.73 Å². The topological polar surface area (TPSA) is 68.9 Å². The maximum Gasteiger partial charge on any atom is 0.130 e. The van der Waals surface area contributed by atoms with Gasteiger partial charge in [-0.25, -0.2) is 9.97 Å². The van der Waals surface area contributed by atoms with Gasteiger partial charge >= 0.3 is 0 Å². The first-order valence-corrected chi connectivity index (χ1v) is 5.62. The Balaban J connectivity index is 2.53. The fourth-order valence-electron chi connectivity index (χ4n) is 1.51. The van der Waals surface area contributed by atoms with Gasteiger partial charge in [0.1, 0.15) is 11.6 Å². The van der Waals surface area contributed by atoms with Gasteiger partial charge in [0.25, 0.3) is 0 Å². The highest BCUT2D eigenvalue weighted by atomic mass is 32.2. The first kappa shape index (κ1) is 8.62. The molecule has 13 heavy (non-hydrogen) atoms. The average molecular weight is 197 g/mol. The van der Waals surface area contributed by atoms with Gasteiger partial charge in [-0.05, 0) is 13.3 Å². The number of aryl methyl sites for hydroxylation is 1. The van der Waals surface area contributed by atoms with Crippen molar-refractivity contribution in [3.05, 3.63) is 17.1 Å². The zero-order chi connectivity index (χ0) is 9.42. The van der Waals surface area contributed by atoms with Crippen molar-refractivity contribution >= 4 is 16.6 Å². The Bertz CT molecular complexity index is 378. The summed E-state index contributed by atoms with van der Waals surface area (Å²) >= 11 is 0. The largest absolute Gasteiger partial charge is 0.383 e. The summed E-state index contributed by atoms with van der Waals surface area (Å²) < 4.78 is 11.3. The summed E-state index contributed by atoms with van der Waals surface area (Å²) in [4.78, 5) is 8.32. The number of rotatable bonds is 0. The standard InChI is InChI=1S/C8H11N3OS/c1-5-10-7-4-13(12)3-2-6(7)8(9)11-5/h2-4H2,1H3,(H2,9,10,11). The van der Waals surface area contributed by atoms with Gasteiger partial charge in [-0.2, -0.15) is 0 Å². The third-order valence-electron chi connectivity index (χ3n) is 2.11. The predicted octanol–water partition coefficient (Wildman–Crippen LogP) is 0.172. The third kappa shape index (κ3) is 1.56. The monoisotopic (exact) mass is 197 g/mol. The first-order chi connectivity index (χ1) is 6.16. The van der Waals surface area contributed by atoms with E-state index >= 15 is 0 Å². The second-order valence-electron chi connectivity index (χ2n) is 3.12. The summed E-state index contributed by atoms with van der Waals surface area (Å²) in [5.74, 6) is 2.43. The third-order valence-corrected chi connectivity index (χ3v) is 3.37. The molecule has 1 aromatic rings. The molecule has 1 atom stereocenters. The summed E-state index contributed by atoms with van der Waals surface area (Å²) in [6, 6.07) is 0. The van der Waals surface area contributed by atoms with Crippen LogP contribution in [0.5, 0.6) is 0 Å². The maximum atomic E-state index is 11.3. The van der Waals surface area contributed by atoms with Crippen LogP contribution >= 0.6 is 0 Å². The Morgan fingerprint density at radius 2 is 2.23 bits per heavy atom. The van der Waals surface area contributed by atoms with E-state index in [2.05, 4.69) is 9.97 Å². The van der Waals surface area contributed by atoms with Gasteiger partial charge in [0.15, 0.2) is 0 Å². The Morgan fingerprint density at radius 3 is 3.00 bits per heavy atom. The molecule has 0 fully saturated rings. The molecule has 0 amide bonds. The van der Waals surface area contributed by atoms with Crippen molar-refractivity contribution in [2.75, 3.05) is 11.5 Å². The van der Waals surface area contributed by atoms with Crippen LogP contribution in [0.25, 0.3) is 0 Å². The molecule has 1 unspecified atom stereocenters. The lowest BCUT2D eigenvalue weighted by Gasteiger charge is -2.15. The molecule has 0 bridgehead atoms. The highest BCUT2D eigenvalue weighted by molar-refractivity contribution is 7.84. The lowest BCUT2D eigenvalue weighted by atomic mass is 10.1. The molecule has 0 saturated heterocycles. The van der Waals surface area contributed by atoms with Crippen molar-refractivity contribution in [2.24, 2.45) is 0 Å². The normalized spacial score (nSPS) is 21.2. The van der Waals surface area contributed by atoms with Gasteiger partial charge in [0.2, 0.25) is 0 Å². The number of aromatic nitrogens is 2. The van der Waals surface area contributed by atoms with Crippen molar-refractivity contribution in [1.82, 2.24) is 9.97 Å². The van der Waals surface area contributed by atoms with Gasteiger partial charge in [0, 0.05) is 22.1 Å². The molecule has 5 heteroatoms. The van der Waals surface area contributed by atoms with E-state index in [1.807, 2.05) is 0 Å². The fraction of sp³-hybridized carbons (Fsp3) is 0.500. The van der Waals surface area contributed by atoms with Gasteiger partial charge in [0.05, 0.1) is 11.4 Å². The van der Waals surface area contributed by atoms with E-state index in [0.29, 0.717) is 23.1 Å². The van der Waals surface area contributed by atoms with E-state index in [0.717, 1.165) is 17.7 Å². The van der Waals surface area contributed by atoms with E-state index in [1.165, 1.54) is 0 Å². The predicted molar refractivity (Wildman–Crippen MR) is 51.6 cm³/mol. The van der Waals surface area contributed by atoms with Crippen LogP contribution in [0.3, 0.4) is 0 Å². The average Bonchev–Trinajstić information content (AvgIpc) is 2.02. The van der Waals surface area contributed by atoms with Crippen molar-refractivity contribution < 1.29 is 4.21 Å². The zero-order valence-corrected chi connectivity index (χ0v) is 8.23. The van der Waals surface area contributed by atoms with Crippen molar-refractivity contribution in [3.63, 3.8) is 0 Å². The number of nitrogens with zero attached hydrogens (tertiary/aromatic N) is 2. The molecule has 0 aliphatic carbocycles. The quantitative estimate of drug-likeness (QED) is 0.643. The number of hydrogen-bond acceptors (Lipinski definition) is 4. The van der Waals surface area contributed by atoms with Crippen LogP contribution in [0.1, 0.15) is 17.1 Å². The number of anilines is 1. The number of hydrogen-bond donors (Lipinski definition) is 1. The molecule has 1 aromatic heterocycles. The van der Waals surface area contributed by atoms with E-state index in [1.54, 1.807) is 6.92 Å². The number of nitrogens with two attached hydrogens (primary N) is 1. The van der Waals surface area contributed by atoms with Crippen molar-refractivity contribution in [2.45, 2.75) is 19.1 Å². The molecule has 70 valence electrons. The summed E-state index contributed by atoms with van der Waals surface area (Å²) in [6.07, 6.45) is 0.744. The SMILES string of the molecule is Cc1nc(N)c2c(n1)CS(=O)CC2. The minimum atomic E-state index is -0.764. The van der Waals surface area contributed by atoms with Gasteiger partial charge in [-0.15, -0.1) is 0 Å². The number of nitrogen functional groups attached to an aromatic ring is 1. The smallest absolute Gasteiger partial charge is 0.130 e. The molecule has 0 radical (unpaired) electrons. The second kappa shape index (κ2) is 3.06. The molecule has 1 aliphatic heterocycles. The lowest BCUT2D eigenvalue weighted by Crippen LogP contribution is -2.18. The Morgan fingerprint density at radius 1 is 1.46 bits per heavy atom. The van der Waals surface area contributed by atoms with E-state index in [-0.39, 0.29) is 0 Å². The van der Waals surface area contributed by atoms with Crippen LogP contribution in [0.4, 0.5) is 5.82 Å². The molecule has 2 rings (SSSR count). The summed E-state index contributed by atoms with van der Waals surface area (Å²) in [5.41, 5.74) is 7.60. The molecular formula is C8H11N3OS.